The molecule has 0 aliphatic rings. The number of likely N-dealkylation sites (N-methyl/N-ethyl adjacent to an activating group) is 1. The Morgan fingerprint density at radius 2 is 1.71 bits per heavy atom. The summed E-state index contributed by atoms with van der Waals surface area (Å²) in [5, 5.41) is 4.84. The van der Waals surface area contributed by atoms with Gasteiger partial charge in [-0.05, 0) is 36.2 Å². The van der Waals surface area contributed by atoms with Crippen molar-refractivity contribution in [2.45, 2.75) is 19.4 Å². The van der Waals surface area contributed by atoms with Crippen LogP contribution in [0.1, 0.15) is 24.1 Å². The zero-order valence-electron chi connectivity index (χ0n) is 12.3. The van der Waals surface area contributed by atoms with Crippen LogP contribution >= 0.6 is 0 Å². The highest BCUT2D eigenvalue weighted by Gasteiger charge is 2.12. The fourth-order valence-electron chi connectivity index (χ4n) is 2.79. The summed E-state index contributed by atoms with van der Waals surface area (Å²) in [5.74, 6) is 0. The van der Waals surface area contributed by atoms with Crippen molar-refractivity contribution in [3.05, 3.63) is 78.0 Å². The minimum absolute atomic E-state index is 0.335. The van der Waals surface area contributed by atoms with E-state index < -0.39 is 0 Å². The molecule has 106 valence electrons. The first kappa shape index (κ1) is 13.8. The lowest BCUT2D eigenvalue weighted by Gasteiger charge is -2.19. The third-order valence-corrected chi connectivity index (χ3v) is 3.82. The number of hydrogen-bond donors (Lipinski definition) is 1. The van der Waals surface area contributed by atoms with E-state index >= 15 is 0 Å². The van der Waals surface area contributed by atoms with E-state index in [0.717, 1.165) is 18.5 Å². The van der Waals surface area contributed by atoms with Crippen LogP contribution in [-0.2, 0) is 6.42 Å². The predicted octanol–water partition coefficient (Wildman–Crippen LogP) is 4.13. The molecule has 0 aliphatic heterocycles. The molecular formula is C19H20N2. The highest BCUT2D eigenvalue weighted by atomic mass is 14.9. The molecule has 0 saturated carbocycles. The van der Waals surface area contributed by atoms with Gasteiger partial charge in [0.1, 0.15) is 0 Å². The van der Waals surface area contributed by atoms with Gasteiger partial charge in [-0.25, -0.2) is 0 Å². The van der Waals surface area contributed by atoms with E-state index in [9.17, 15) is 0 Å². The van der Waals surface area contributed by atoms with Gasteiger partial charge in [-0.1, -0.05) is 55.5 Å². The summed E-state index contributed by atoms with van der Waals surface area (Å²) in [6, 6.07) is 21.5. The second-order valence-corrected chi connectivity index (χ2v) is 5.21. The van der Waals surface area contributed by atoms with E-state index in [1.165, 1.54) is 16.5 Å². The van der Waals surface area contributed by atoms with Gasteiger partial charge in [-0.2, -0.15) is 0 Å². The van der Waals surface area contributed by atoms with Crippen LogP contribution in [0.25, 0.3) is 10.9 Å². The van der Waals surface area contributed by atoms with Gasteiger partial charge in [-0.15, -0.1) is 0 Å². The van der Waals surface area contributed by atoms with Gasteiger partial charge in [0, 0.05) is 17.6 Å². The summed E-state index contributed by atoms with van der Waals surface area (Å²) in [6.45, 7) is 3.11. The highest BCUT2D eigenvalue weighted by molar-refractivity contribution is 5.81. The van der Waals surface area contributed by atoms with Crippen molar-refractivity contribution in [1.82, 2.24) is 10.3 Å². The number of hydrogen-bond acceptors (Lipinski definition) is 2. The van der Waals surface area contributed by atoms with Crippen LogP contribution in [-0.4, -0.2) is 11.5 Å². The SMILES string of the molecule is CCNC(Cc1ccnc2ccccc12)c1ccccc1. The van der Waals surface area contributed by atoms with Crippen molar-refractivity contribution in [3.63, 3.8) is 0 Å². The molecule has 3 aromatic rings. The van der Waals surface area contributed by atoms with E-state index in [2.05, 4.69) is 71.8 Å². The Morgan fingerprint density at radius 1 is 0.952 bits per heavy atom. The molecule has 0 aliphatic carbocycles. The van der Waals surface area contributed by atoms with Crippen LogP contribution in [0.3, 0.4) is 0 Å². The number of benzene rings is 2. The van der Waals surface area contributed by atoms with Gasteiger partial charge in [0.25, 0.3) is 0 Å². The van der Waals surface area contributed by atoms with Crippen molar-refractivity contribution in [2.75, 3.05) is 6.54 Å². The lowest BCUT2D eigenvalue weighted by atomic mass is 9.96. The Kier molecular flexibility index (Phi) is 4.27. The summed E-state index contributed by atoms with van der Waals surface area (Å²) < 4.78 is 0. The molecule has 0 radical (unpaired) electrons. The maximum Gasteiger partial charge on any atom is 0.0704 e. The number of rotatable bonds is 5. The normalized spacial score (nSPS) is 12.4. The van der Waals surface area contributed by atoms with Gasteiger partial charge in [0.05, 0.1) is 5.52 Å². The molecule has 21 heavy (non-hydrogen) atoms. The van der Waals surface area contributed by atoms with Gasteiger partial charge in [0.15, 0.2) is 0 Å². The molecule has 0 amide bonds. The number of aromatic nitrogens is 1. The number of nitrogens with one attached hydrogen (secondary N) is 1. The Morgan fingerprint density at radius 3 is 2.52 bits per heavy atom. The first-order valence-electron chi connectivity index (χ1n) is 7.49. The van der Waals surface area contributed by atoms with Gasteiger partial charge in [0.2, 0.25) is 0 Å². The van der Waals surface area contributed by atoms with Crippen LogP contribution in [0.15, 0.2) is 66.9 Å². The average Bonchev–Trinajstić information content (AvgIpc) is 2.55. The van der Waals surface area contributed by atoms with E-state index in [0.29, 0.717) is 6.04 Å². The second-order valence-electron chi connectivity index (χ2n) is 5.21. The van der Waals surface area contributed by atoms with Crippen LogP contribution in [0, 0.1) is 0 Å². The van der Waals surface area contributed by atoms with E-state index in [-0.39, 0.29) is 0 Å². The molecule has 2 aromatic carbocycles. The molecule has 1 atom stereocenters. The summed E-state index contributed by atoms with van der Waals surface area (Å²) in [4.78, 5) is 4.45. The summed E-state index contributed by atoms with van der Waals surface area (Å²) in [6.07, 6.45) is 2.88. The number of fused-ring (bicyclic) bond motifs is 1. The Bertz CT molecular complexity index is 702. The second kappa shape index (κ2) is 6.51. The fourth-order valence-corrected chi connectivity index (χ4v) is 2.79. The minimum Gasteiger partial charge on any atom is -0.310 e. The summed E-state index contributed by atoms with van der Waals surface area (Å²) in [7, 11) is 0. The molecule has 0 bridgehead atoms. The van der Waals surface area contributed by atoms with Gasteiger partial charge < -0.3 is 5.32 Å². The molecule has 1 heterocycles. The van der Waals surface area contributed by atoms with Gasteiger partial charge >= 0.3 is 0 Å². The first-order valence-corrected chi connectivity index (χ1v) is 7.49. The Hall–Kier alpha value is -2.19. The largest absolute Gasteiger partial charge is 0.310 e. The highest BCUT2D eigenvalue weighted by Crippen LogP contribution is 2.23. The van der Waals surface area contributed by atoms with Crippen molar-refractivity contribution in [1.29, 1.82) is 0 Å². The number of pyridine rings is 1. The van der Waals surface area contributed by atoms with Crippen molar-refractivity contribution < 1.29 is 0 Å². The molecule has 1 aromatic heterocycles. The number of nitrogens with zero attached hydrogens (tertiary/aromatic N) is 1. The van der Waals surface area contributed by atoms with Crippen LogP contribution in [0.5, 0.6) is 0 Å². The third-order valence-electron chi connectivity index (χ3n) is 3.82. The minimum atomic E-state index is 0.335. The van der Waals surface area contributed by atoms with Crippen LogP contribution < -0.4 is 5.32 Å². The first-order chi connectivity index (χ1) is 10.4. The standard InChI is InChI=1S/C19H20N2/c1-2-20-19(15-8-4-3-5-9-15)14-16-12-13-21-18-11-7-6-10-17(16)18/h3-13,19-20H,2,14H2,1H3. The number of para-hydroxylation sites is 1. The predicted molar refractivity (Wildman–Crippen MR) is 88.3 cm³/mol. The quantitative estimate of drug-likeness (QED) is 0.758. The fraction of sp³-hybridized carbons (Fsp3) is 0.211. The van der Waals surface area contributed by atoms with Crippen LogP contribution in [0.4, 0.5) is 0 Å². The molecule has 2 heteroatoms. The van der Waals surface area contributed by atoms with Crippen molar-refractivity contribution in [3.8, 4) is 0 Å². The molecule has 0 saturated heterocycles. The molecule has 0 fully saturated rings. The lowest BCUT2D eigenvalue weighted by Crippen LogP contribution is -2.23. The average molecular weight is 276 g/mol. The summed E-state index contributed by atoms with van der Waals surface area (Å²) >= 11 is 0. The molecule has 1 unspecified atom stereocenters. The third kappa shape index (κ3) is 3.11. The monoisotopic (exact) mass is 276 g/mol. The Labute approximate surface area is 125 Å². The molecule has 0 spiro atoms. The van der Waals surface area contributed by atoms with E-state index in [1.54, 1.807) is 0 Å². The smallest absolute Gasteiger partial charge is 0.0704 e. The Balaban J connectivity index is 1.95. The van der Waals surface area contributed by atoms with Crippen molar-refractivity contribution in [2.24, 2.45) is 0 Å². The summed E-state index contributed by atoms with van der Waals surface area (Å²) in [5.41, 5.74) is 3.74. The zero-order chi connectivity index (χ0) is 14.5. The zero-order valence-corrected chi connectivity index (χ0v) is 12.3. The van der Waals surface area contributed by atoms with Crippen LogP contribution in [0.2, 0.25) is 0 Å². The maximum atomic E-state index is 4.45. The lowest BCUT2D eigenvalue weighted by molar-refractivity contribution is 0.551. The van der Waals surface area contributed by atoms with Crippen molar-refractivity contribution >= 4 is 10.9 Å². The van der Waals surface area contributed by atoms with E-state index in [4.69, 9.17) is 0 Å². The molecular weight excluding hydrogens is 256 g/mol. The molecule has 3 rings (SSSR count). The topological polar surface area (TPSA) is 24.9 Å². The van der Waals surface area contributed by atoms with E-state index in [1.807, 2.05) is 12.3 Å². The molecule has 2 nitrogen and oxygen atoms in total. The maximum absolute atomic E-state index is 4.45. The van der Waals surface area contributed by atoms with Gasteiger partial charge in [-0.3, -0.25) is 4.98 Å². The molecule has 1 N–H and O–H groups in total.